The third-order valence-corrected chi connectivity index (χ3v) is 5.84. The van der Waals surface area contributed by atoms with E-state index in [1.807, 2.05) is 36.4 Å². The number of hydrogen-bond acceptors (Lipinski definition) is 5. The maximum Gasteiger partial charge on any atom is 0.321 e. The molecule has 0 unspecified atom stereocenters. The first-order chi connectivity index (χ1) is 15.2. The minimum atomic E-state index is -0.976. The molecule has 2 aromatic rings. The van der Waals surface area contributed by atoms with E-state index in [0.717, 1.165) is 38.3 Å². The molecule has 7 heteroatoms. The Bertz CT molecular complexity index is 924. The lowest BCUT2D eigenvalue weighted by Gasteiger charge is -2.37. The van der Waals surface area contributed by atoms with Gasteiger partial charge in [0.1, 0.15) is 12.6 Å². The molecule has 7 nitrogen and oxygen atoms in total. The lowest BCUT2D eigenvalue weighted by molar-refractivity contribution is -0.917. The molecule has 2 N–H and O–H groups in total. The normalized spacial score (nSPS) is 21.9. The van der Waals surface area contributed by atoms with E-state index in [9.17, 15) is 9.59 Å². The van der Waals surface area contributed by atoms with Gasteiger partial charge in [0.05, 0.1) is 32.8 Å². The number of aliphatic imine (C=N–C) groups is 1. The fourth-order valence-corrected chi connectivity index (χ4v) is 4.21. The molecular weight excluding hydrogens is 392 g/mol. The summed E-state index contributed by atoms with van der Waals surface area (Å²) in [6.07, 6.45) is 0. The van der Waals surface area contributed by atoms with Crippen molar-refractivity contribution in [2.45, 2.75) is 19.5 Å². The SMILES string of the molecule is CCOC(=O)[C@@H]1C(=O)NC(N2CC[NH+](Cc3ccccc3)CC2)=N[C@@H]1c1ccccc1. The van der Waals surface area contributed by atoms with Crippen molar-refractivity contribution in [3.8, 4) is 0 Å². The van der Waals surface area contributed by atoms with Gasteiger partial charge in [-0.15, -0.1) is 0 Å². The van der Waals surface area contributed by atoms with Crippen LogP contribution in [0.2, 0.25) is 0 Å². The van der Waals surface area contributed by atoms with Gasteiger partial charge in [-0.05, 0) is 12.5 Å². The fraction of sp³-hybridized carbons (Fsp3) is 0.375. The second kappa shape index (κ2) is 9.75. The van der Waals surface area contributed by atoms with Crippen LogP contribution in [-0.4, -0.2) is 55.5 Å². The number of rotatable bonds is 5. The third kappa shape index (κ3) is 4.94. The maximum atomic E-state index is 12.9. The van der Waals surface area contributed by atoms with E-state index in [2.05, 4.69) is 34.5 Å². The van der Waals surface area contributed by atoms with Crippen LogP contribution >= 0.6 is 0 Å². The average Bonchev–Trinajstić information content (AvgIpc) is 2.80. The molecule has 0 radical (unpaired) electrons. The van der Waals surface area contributed by atoms with Gasteiger partial charge in [0.25, 0.3) is 0 Å². The lowest BCUT2D eigenvalue weighted by Crippen LogP contribution is -3.13. The van der Waals surface area contributed by atoms with E-state index in [1.54, 1.807) is 6.92 Å². The number of ether oxygens (including phenoxy) is 1. The van der Waals surface area contributed by atoms with Gasteiger partial charge in [0, 0.05) is 5.56 Å². The average molecular weight is 422 g/mol. The van der Waals surface area contributed by atoms with Crippen molar-refractivity contribution < 1.29 is 19.2 Å². The summed E-state index contributed by atoms with van der Waals surface area (Å²) in [6, 6.07) is 19.4. The van der Waals surface area contributed by atoms with Gasteiger partial charge in [-0.2, -0.15) is 0 Å². The second-order valence-electron chi connectivity index (χ2n) is 7.93. The number of guanidine groups is 1. The summed E-state index contributed by atoms with van der Waals surface area (Å²) in [5.41, 5.74) is 2.16. The first kappa shape index (κ1) is 21.1. The second-order valence-corrected chi connectivity index (χ2v) is 7.93. The molecule has 31 heavy (non-hydrogen) atoms. The topological polar surface area (TPSA) is 75.4 Å². The highest BCUT2D eigenvalue weighted by molar-refractivity contribution is 6.08. The molecule has 0 spiro atoms. The molecule has 0 aliphatic carbocycles. The van der Waals surface area contributed by atoms with Crippen molar-refractivity contribution in [3.05, 3.63) is 71.8 Å². The summed E-state index contributed by atoms with van der Waals surface area (Å²) < 4.78 is 5.17. The number of benzene rings is 2. The first-order valence-electron chi connectivity index (χ1n) is 10.9. The molecule has 2 aliphatic heterocycles. The molecular formula is C24H29N4O3+. The lowest BCUT2D eigenvalue weighted by atomic mass is 9.91. The number of nitrogens with zero attached hydrogens (tertiary/aromatic N) is 2. The Hall–Kier alpha value is -3.19. The summed E-state index contributed by atoms with van der Waals surface area (Å²) in [5.74, 6) is -1.31. The molecule has 162 valence electrons. The third-order valence-electron chi connectivity index (χ3n) is 5.84. The van der Waals surface area contributed by atoms with Crippen molar-refractivity contribution in [1.82, 2.24) is 10.2 Å². The number of nitrogens with one attached hydrogen (secondary N) is 2. The summed E-state index contributed by atoms with van der Waals surface area (Å²) in [4.78, 5) is 33.9. The molecule has 0 bridgehead atoms. The first-order valence-corrected chi connectivity index (χ1v) is 10.9. The zero-order valence-electron chi connectivity index (χ0n) is 17.8. The van der Waals surface area contributed by atoms with E-state index in [-0.39, 0.29) is 12.5 Å². The molecule has 2 aliphatic rings. The zero-order valence-corrected chi connectivity index (χ0v) is 17.8. The number of amides is 1. The highest BCUT2D eigenvalue weighted by atomic mass is 16.5. The Kier molecular flexibility index (Phi) is 6.62. The van der Waals surface area contributed by atoms with E-state index < -0.39 is 17.9 Å². The Balaban J connectivity index is 1.49. The van der Waals surface area contributed by atoms with Crippen molar-refractivity contribution >= 4 is 17.8 Å². The molecule has 2 heterocycles. The predicted molar refractivity (Wildman–Crippen MR) is 117 cm³/mol. The fourth-order valence-electron chi connectivity index (χ4n) is 4.21. The number of quaternary nitrogens is 1. The maximum absolute atomic E-state index is 12.9. The molecule has 4 rings (SSSR count). The molecule has 1 fully saturated rings. The molecule has 0 saturated carbocycles. The minimum Gasteiger partial charge on any atom is -0.465 e. The Morgan fingerprint density at radius 1 is 1.10 bits per heavy atom. The summed E-state index contributed by atoms with van der Waals surface area (Å²) in [7, 11) is 0. The van der Waals surface area contributed by atoms with Crippen LogP contribution in [0.15, 0.2) is 65.7 Å². The van der Waals surface area contributed by atoms with Gasteiger partial charge in [-0.25, -0.2) is 4.99 Å². The standard InChI is InChI=1S/C24H28N4O3/c1-2-31-23(30)20-21(19-11-7-4-8-12-19)25-24(26-22(20)29)28-15-13-27(14-16-28)17-18-9-5-3-6-10-18/h3-12,20-21H,2,13-17H2,1H3,(H,25,26,29)/p+1/t20-,21+/m0/s1. The Morgan fingerprint density at radius 2 is 1.74 bits per heavy atom. The molecule has 0 aromatic heterocycles. The number of esters is 1. The highest BCUT2D eigenvalue weighted by Crippen LogP contribution is 2.30. The number of piperazine rings is 1. The number of carbonyl (C=O) groups excluding carboxylic acids is 2. The Labute approximate surface area is 182 Å². The van der Waals surface area contributed by atoms with Crippen LogP contribution in [0.1, 0.15) is 24.1 Å². The van der Waals surface area contributed by atoms with E-state index >= 15 is 0 Å². The zero-order chi connectivity index (χ0) is 21.6. The van der Waals surface area contributed by atoms with Crippen molar-refractivity contribution in [3.63, 3.8) is 0 Å². The van der Waals surface area contributed by atoms with Crippen LogP contribution < -0.4 is 10.2 Å². The van der Waals surface area contributed by atoms with Crippen LogP contribution in [0.3, 0.4) is 0 Å². The molecule has 2 atom stereocenters. The predicted octanol–water partition coefficient (Wildman–Crippen LogP) is 0.794. The monoisotopic (exact) mass is 421 g/mol. The van der Waals surface area contributed by atoms with Crippen molar-refractivity contribution in [1.29, 1.82) is 0 Å². The van der Waals surface area contributed by atoms with Gasteiger partial charge < -0.3 is 14.5 Å². The van der Waals surface area contributed by atoms with E-state index in [4.69, 9.17) is 9.73 Å². The smallest absolute Gasteiger partial charge is 0.321 e. The minimum absolute atomic E-state index is 0.229. The summed E-state index contributed by atoms with van der Waals surface area (Å²) in [5, 5.41) is 2.87. The van der Waals surface area contributed by atoms with Gasteiger partial charge in [0.2, 0.25) is 11.9 Å². The molecule has 1 saturated heterocycles. The van der Waals surface area contributed by atoms with E-state index in [1.165, 1.54) is 10.5 Å². The molecule has 1 amide bonds. The van der Waals surface area contributed by atoms with Gasteiger partial charge in [-0.1, -0.05) is 60.7 Å². The van der Waals surface area contributed by atoms with Crippen molar-refractivity contribution in [2.75, 3.05) is 32.8 Å². The summed E-state index contributed by atoms with van der Waals surface area (Å²) in [6.45, 7) is 6.47. The van der Waals surface area contributed by atoms with Gasteiger partial charge in [0.15, 0.2) is 5.92 Å². The quantitative estimate of drug-likeness (QED) is 0.553. The number of carbonyl (C=O) groups is 2. The molecule has 2 aromatic carbocycles. The van der Waals surface area contributed by atoms with Gasteiger partial charge >= 0.3 is 5.97 Å². The van der Waals surface area contributed by atoms with Crippen LogP contribution in [0.5, 0.6) is 0 Å². The van der Waals surface area contributed by atoms with Crippen molar-refractivity contribution in [2.24, 2.45) is 10.9 Å². The van der Waals surface area contributed by atoms with Crippen LogP contribution in [-0.2, 0) is 20.9 Å². The van der Waals surface area contributed by atoms with Crippen LogP contribution in [0.4, 0.5) is 0 Å². The largest absolute Gasteiger partial charge is 0.465 e. The highest BCUT2D eigenvalue weighted by Gasteiger charge is 2.42. The summed E-state index contributed by atoms with van der Waals surface area (Å²) >= 11 is 0. The number of hydrogen-bond donors (Lipinski definition) is 2. The van der Waals surface area contributed by atoms with Crippen LogP contribution in [0.25, 0.3) is 0 Å². The van der Waals surface area contributed by atoms with Gasteiger partial charge in [-0.3, -0.25) is 14.9 Å². The van der Waals surface area contributed by atoms with E-state index in [0.29, 0.717) is 5.96 Å². The Morgan fingerprint density at radius 3 is 2.39 bits per heavy atom. The van der Waals surface area contributed by atoms with Crippen LogP contribution in [0, 0.1) is 5.92 Å².